The molecule has 0 aliphatic carbocycles. The maximum absolute atomic E-state index is 12.8. The minimum Gasteiger partial charge on any atom is -0.323 e. The molecule has 0 atom stereocenters. The van der Waals surface area contributed by atoms with Gasteiger partial charge in [-0.3, -0.25) is 14.5 Å². The average molecular weight is 280 g/mol. The highest BCUT2D eigenvalue weighted by Gasteiger charge is 2.28. The molecule has 0 saturated heterocycles. The van der Waals surface area contributed by atoms with E-state index < -0.39 is 0 Å². The van der Waals surface area contributed by atoms with E-state index in [1.54, 1.807) is 12.1 Å². The summed E-state index contributed by atoms with van der Waals surface area (Å²) in [6.07, 6.45) is 0. The average Bonchev–Trinajstić information content (AvgIpc) is 2.48. The summed E-state index contributed by atoms with van der Waals surface area (Å²) in [5.74, 6) is -0.314. The van der Waals surface area contributed by atoms with Gasteiger partial charge in [0.05, 0.1) is 11.4 Å². The summed E-state index contributed by atoms with van der Waals surface area (Å²) in [5.41, 5.74) is 4.07. The molecule has 0 saturated carbocycles. The molecular formula is C17H16N2O2. The molecule has 0 radical (unpaired) electrons. The van der Waals surface area contributed by atoms with E-state index >= 15 is 0 Å². The Hall–Kier alpha value is -2.62. The first-order valence-electron chi connectivity index (χ1n) is 6.85. The molecule has 1 aliphatic heterocycles. The third-order valence-electron chi connectivity index (χ3n) is 3.85. The van der Waals surface area contributed by atoms with Crippen molar-refractivity contribution in [3.63, 3.8) is 0 Å². The van der Waals surface area contributed by atoms with E-state index in [9.17, 15) is 9.59 Å². The Morgan fingerprint density at radius 3 is 2.67 bits per heavy atom. The molecule has 0 fully saturated rings. The minimum atomic E-state index is -0.174. The molecule has 1 aliphatic rings. The third kappa shape index (κ3) is 2.29. The second kappa shape index (κ2) is 5.05. The maximum Gasteiger partial charge on any atom is 0.259 e. The number of carbonyl (C=O) groups is 2. The fraction of sp³-hybridized carbons (Fsp3) is 0.176. The number of benzene rings is 2. The molecule has 0 spiro atoms. The van der Waals surface area contributed by atoms with Crippen LogP contribution in [0, 0.1) is 13.8 Å². The van der Waals surface area contributed by atoms with Crippen LogP contribution >= 0.6 is 0 Å². The number of aryl methyl sites for hydroxylation is 1. The summed E-state index contributed by atoms with van der Waals surface area (Å²) in [4.78, 5) is 26.2. The Bertz CT molecular complexity index is 737. The zero-order valence-corrected chi connectivity index (χ0v) is 12.0. The summed E-state index contributed by atoms with van der Waals surface area (Å²) in [6.45, 7) is 3.95. The van der Waals surface area contributed by atoms with Crippen LogP contribution < -0.4 is 10.2 Å². The molecule has 0 aromatic heterocycles. The Morgan fingerprint density at radius 1 is 1.10 bits per heavy atom. The molecule has 2 amide bonds. The lowest BCUT2D eigenvalue weighted by Gasteiger charge is -2.29. The Kier molecular flexibility index (Phi) is 3.22. The van der Waals surface area contributed by atoms with Crippen molar-refractivity contribution in [3.8, 4) is 0 Å². The highest BCUT2D eigenvalue weighted by molar-refractivity contribution is 6.15. The number of rotatable bonds is 1. The molecule has 4 heteroatoms. The summed E-state index contributed by atoms with van der Waals surface area (Å²) in [7, 11) is 0. The number of para-hydroxylation sites is 2. The van der Waals surface area contributed by atoms with Crippen LogP contribution in [0.2, 0.25) is 0 Å². The fourth-order valence-corrected chi connectivity index (χ4v) is 2.54. The van der Waals surface area contributed by atoms with Gasteiger partial charge in [0.2, 0.25) is 5.91 Å². The Labute approximate surface area is 123 Å². The second-order valence-electron chi connectivity index (χ2n) is 5.20. The zero-order valence-electron chi connectivity index (χ0n) is 12.0. The van der Waals surface area contributed by atoms with Crippen molar-refractivity contribution in [3.05, 3.63) is 59.2 Å². The van der Waals surface area contributed by atoms with Crippen molar-refractivity contribution in [2.24, 2.45) is 0 Å². The summed E-state index contributed by atoms with van der Waals surface area (Å²) in [6, 6.07) is 13.0. The van der Waals surface area contributed by atoms with Crippen molar-refractivity contribution in [1.82, 2.24) is 0 Å². The lowest BCUT2D eigenvalue weighted by molar-refractivity contribution is -0.115. The number of nitrogens with zero attached hydrogens (tertiary/aromatic N) is 1. The van der Waals surface area contributed by atoms with Gasteiger partial charge in [-0.15, -0.1) is 0 Å². The first-order chi connectivity index (χ1) is 10.1. The molecule has 1 heterocycles. The van der Waals surface area contributed by atoms with Crippen LogP contribution in [-0.2, 0) is 4.79 Å². The number of amides is 2. The smallest absolute Gasteiger partial charge is 0.259 e. The Morgan fingerprint density at radius 2 is 1.86 bits per heavy atom. The number of hydrogen-bond donors (Lipinski definition) is 1. The number of hydrogen-bond acceptors (Lipinski definition) is 2. The molecule has 4 nitrogen and oxygen atoms in total. The quantitative estimate of drug-likeness (QED) is 0.873. The lowest BCUT2D eigenvalue weighted by Crippen LogP contribution is -2.42. The number of fused-ring (bicyclic) bond motifs is 1. The Balaban J connectivity index is 2.06. The second-order valence-corrected chi connectivity index (χ2v) is 5.20. The number of anilines is 2. The summed E-state index contributed by atoms with van der Waals surface area (Å²) in [5, 5.41) is 2.79. The molecule has 1 N–H and O–H groups in total. The summed E-state index contributed by atoms with van der Waals surface area (Å²) >= 11 is 0. The van der Waals surface area contributed by atoms with E-state index in [4.69, 9.17) is 0 Å². The zero-order chi connectivity index (χ0) is 15.0. The number of carbonyl (C=O) groups excluding carboxylic acids is 2. The van der Waals surface area contributed by atoms with Crippen LogP contribution in [0.4, 0.5) is 11.4 Å². The van der Waals surface area contributed by atoms with Crippen molar-refractivity contribution in [2.45, 2.75) is 13.8 Å². The highest BCUT2D eigenvalue weighted by atomic mass is 16.2. The molecule has 3 rings (SSSR count). The van der Waals surface area contributed by atoms with Gasteiger partial charge in [0.25, 0.3) is 5.91 Å². The van der Waals surface area contributed by atoms with Crippen LogP contribution in [0.3, 0.4) is 0 Å². The predicted octanol–water partition coefficient (Wildman–Crippen LogP) is 2.90. The van der Waals surface area contributed by atoms with E-state index in [0.717, 1.165) is 16.8 Å². The summed E-state index contributed by atoms with van der Waals surface area (Å²) < 4.78 is 0. The first-order valence-corrected chi connectivity index (χ1v) is 6.85. The normalized spacial score (nSPS) is 13.6. The van der Waals surface area contributed by atoms with Crippen LogP contribution in [-0.4, -0.2) is 18.4 Å². The number of nitrogens with one attached hydrogen (secondary N) is 1. The molecule has 106 valence electrons. The van der Waals surface area contributed by atoms with Gasteiger partial charge in [-0.2, -0.15) is 0 Å². The van der Waals surface area contributed by atoms with Crippen molar-refractivity contribution >= 4 is 23.2 Å². The predicted molar refractivity (Wildman–Crippen MR) is 82.7 cm³/mol. The van der Waals surface area contributed by atoms with Gasteiger partial charge in [-0.1, -0.05) is 24.3 Å². The van der Waals surface area contributed by atoms with Crippen molar-refractivity contribution in [1.29, 1.82) is 0 Å². The highest BCUT2D eigenvalue weighted by Crippen LogP contribution is 2.30. The van der Waals surface area contributed by atoms with Crippen LogP contribution in [0.5, 0.6) is 0 Å². The van der Waals surface area contributed by atoms with Gasteiger partial charge in [0, 0.05) is 5.56 Å². The van der Waals surface area contributed by atoms with Gasteiger partial charge >= 0.3 is 0 Å². The third-order valence-corrected chi connectivity index (χ3v) is 3.85. The van der Waals surface area contributed by atoms with E-state index in [1.807, 2.05) is 44.2 Å². The van der Waals surface area contributed by atoms with E-state index in [1.165, 1.54) is 4.90 Å². The van der Waals surface area contributed by atoms with Gasteiger partial charge in [-0.05, 0) is 43.2 Å². The molecule has 2 aromatic rings. The lowest BCUT2D eigenvalue weighted by atomic mass is 10.0. The minimum absolute atomic E-state index is 0.0449. The van der Waals surface area contributed by atoms with Crippen LogP contribution in [0.25, 0.3) is 0 Å². The SMILES string of the molecule is Cc1cccc(C(=O)N2CC(=O)Nc3ccccc32)c1C. The van der Waals surface area contributed by atoms with E-state index in [2.05, 4.69) is 5.32 Å². The van der Waals surface area contributed by atoms with Crippen LogP contribution in [0.15, 0.2) is 42.5 Å². The maximum atomic E-state index is 12.8. The first kappa shape index (κ1) is 13.4. The molecule has 0 unspecified atom stereocenters. The van der Waals surface area contributed by atoms with Gasteiger partial charge in [0.1, 0.15) is 6.54 Å². The van der Waals surface area contributed by atoms with Gasteiger partial charge in [-0.25, -0.2) is 0 Å². The van der Waals surface area contributed by atoms with Gasteiger partial charge in [0.15, 0.2) is 0 Å². The largest absolute Gasteiger partial charge is 0.323 e. The molecule has 0 bridgehead atoms. The topological polar surface area (TPSA) is 49.4 Å². The monoisotopic (exact) mass is 280 g/mol. The van der Waals surface area contributed by atoms with E-state index in [-0.39, 0.29) is 18.4 Å². The molecule has 2 aromatic carbocycles. The van der Waals surface area contributed by atoms with Crippen molar-refractivity contribution in [2.75, 3.05) is 16.8 Å². The van der Waals surface area contributed by atoms with Gasteiger partial charge < -0.3 is 5.32 Å². The van der Waals surface area contributed by atoms with Crippen LogP contribution in [0.1, 0.15) is 21.5 Å². The van der Waals surface area contributed by atoms with E-state index in [0.29, 0.717) is 11.3 Å². The van der Waals surface area contributed by atoms with Crippen molar-refractivity contribution < 1.29 is 9.59 Å². The molecular weight excluding hydrogens is 264 g/mol. The fourth-order valence-electron chi connectivity index (χ4n) is 2.54. The standard InChI is InChI=1S/C17H16N2O2/c1-11-6-5-7-13(12(11)2)17(21)19-10-16(20)18-14-8-3-4-9-15(14)19/h3-9H,10H2,1-2H3,(H,18,20). The molecule has 21 heavy (non-hydrogen) atoms.